The minimum absolute atomic E-state index is 0.137. The predicted octanol–water partition coefficient (Wildman–Crippen LogP) is 5.48. The summed E-state index contributed by atoms with van der Waals surface area (Å²) in [7, 11) is 0. The first-order chi connectivity index (χ1) is 15.0. The van der Waals surface area contributed by atoms with E-state index in [4.69, 9.17) is 4.98 Å². The molecule has 0 saturated carbocycles. The van der Waals surface area contributed by atoms with E-state index in [2.05, 4.69) is 50.2 Å². The second-order valence-corrected chi connectivity index (χ2v) is 9.27. The molecule has 2 N–H and O–H groups in total. The van der Waals surface area contributed by atoms with E-state index < -0.39 is 5.41 Å². The van der Waals surface area contributed by atoms with Crippen LogP contribution in [0.15, 0.2) is 47.2 Å². The van der Waals surface area contributed by atoms with Crippen LogP contribution in [-0.4, -0.2) is 32.6 Å². The minimum atomic E-state index is -0.546. The second kappa shape index (κ2) is 6.28. The van der Waals surface area contributed by atoms with Gasteiger partial charge in [-0.05, 0) is 78.6 Å². The molecule has 0 atom stereocenters. The molecular formula is C24H21N5OS. The maximum atomic E-state index is 12.8. The SMILES string of the molecule is CCN1C(=O)C(C)(C)c2cc3nc(-c4n[nH]c5cc(-c6ccsc6)ccc45)[nH]c3cc21. The number of nitrogens with zero attached hydrogens (tertiary/aromatic N) is 3. The van der Waals surface area contributed by atoms with Crippen molar-refractivity contribution >= 4 is 44.9 Å². The molecule has 0 fully saturated rings. The van der Waals surface area contributed by atoms with Crippen molar-refractivity contribution in [2.75, 3.05) is 11.4 Å². The van der Waals surface area contributed by atoms with Gasteiger partial charge in [-0.15, -0.1) is 0 Å². The lowest BCUT2D eigenvalue weighted by atomic mass is 9.86. The van der Waals surface area contributed by atoms with Crippen LogP contribution in [0.5, 0.6) is 0 Å². The van der Waals surface area contributed by atoms with Crippen molar-refractivity contribution < 1.29 is 4.79 Å². The zero-order valence-electron chi connectivity index (χ0n) is 17.5. The number of anilines is 1. The van der Waals surface area contributed by atoms with E-state index in [1.54, 1.807) is 11.3 Å². The molecule has 1 aliphatic heterocycles. The number of aromatic amines is 2. The molecule has 1 amide bonds. The van der Waals surface area contributed by atoms with Crippen molar-refractivity contribution in [2.45, 2.75) is 26.2 Å². The quantitative estimate of drug-likeness (QED) is 0.400. The van der Waals surface area contributed by atoms with Crippen LogP contribution >= 0.6 is 11.3 Å². The topological polar surface area (TPSA) is 77.7 Å². The molecule has 0 radical (unpaired) electrons. The third-order valence-corrected chi connectivity index (χ3v) is 6.98. The van der Waals surface area contributed by atoms with E-state index in [-0.39, 0.29) is 5.91 Å². The molecule has 4 heterocycles. The normalized spacial score (nSPS) is 15.3. The molecule has 7 heteroatoms. The molecular weight excluding hydrogens is 406 g/mol. The fraction of sp³-hybridized carbons (Fsp3) is 0.208. The zero-order chi connectivity index (χ0) is 21.3. The number of imidazole rings is 1. The maximum absolute atomic E-state index is 12.8. The Kier molecular flexibility index (Phi) is 3.71. The highest BCUT2D eigenvalue weighted by Crippen LogP contribution is 2.43. The number of hydrogen-bond acceptors (Lipinski definition) is 4. The van der Waals surface area contributed by atoms with Gasteiger partial charge in [0.15, 0.2) is 5.82 Å². The van der Waals surface area contributed by atoms with Gasteiger partial charge in [0.1, 0.15) is 5.69 Å². The van der Waals surface area contributed by atoms with Gasteiger partial charge >= 0.3 is 0 Å². The first-order valence-corrected chi connectivity index (χ1v) is 11.3. The van der Waals surface area contributed by atoms with E-state index in [1.165, 1.54) is 5.56 Å². The number of nitrogens with one attached hydrogen (secondary N) is 2. The van der Waals surface area contributed by atoms with Crippen LogP contribution in [0, 0.1) is 0 Å². The number of amides is 1. The summed E-state index contributed by atoms with van der Waals surface area (Å²) in [5, 5.41) is 13.0. The van der Waals surface area contributed by atoms with Crippen LogP contribution in [0.4, 0.5) is 5.69 Å². The summed E-state index contributed by atoms with van der Waals surface area (Å²) in [4.78, 5) is 22.9. The highest BCUT2D eigenvalue weighted by Gasteiger charge is 2.43. The van der Waals surface area contributed by atoms with Crippen LogP contribution in [0.1, 0.15) is 26.3 Å². The minimum Gasteiger partial charge on any atom is -0.337 e. The fourth-order valence-electron chi connectivity index (χ4n) is 4.57. The van der Waals surface area contributed by atoms with E-state index in [1.807, 2.05) is 37.8 Å². The van der Waals surface area contributed by atoms with Crippen molar-refractivity contribution in [1.29, 1.82) is 0 Å². The first-order valence-electron chi connectivity index (χ1n) is 10.3. The standard InChI is InChI=1S/C24H21N5OS/c1-4-29-20-11-19-18(10-16(20)24(2,3)23(29)30)25-22(26-19)21-15-6-5-13(9-17(15)27-28-21)14-7-8-31-12-14/h5-12H,4H2,1-3H3,(H,25,26)(H,27,28). The van der Waals surface area contributed by atoms with Gasteiger partial charge in [-0.3, -0.25) is 9.89 Å². The number of fused-ring (bicyclic) bond motifs is 3. The third-order valence-electron chi connectivity index (χ3n) is 6.30. The number of aromatic nitrogens is 4. The van der Waals surface area contributed by atoms with Crippen LogP contribution in [0.25, 0.3) is 44.6 Å². The molecule has 3 aromatic heterocycles. The smallest absolute Gasteiger partial charge is 0.237 e. The van der Waals surface area contributed by atoms with Crippen LogP contribution < -0.4 is 4.90 Å². The van der Waals surface area contributed by atoms with Crippen molar-refractivity contribution in [3.63, 3.8) is 0 Å². The Hall–Kier alpha value is -3.45. The van der Waals surface area contributed by atoms with Gasteiger partial charge in [0.2, 0.25) is 5.91 Å². The average Bonchev–Trinajstić information content (AvgIpc) is 3.52. The van der Waals surface area contributed by atoms with E-state index in [0.717, 1.165) is 50.3 Å². The van der Waals surface area contributed by atoms with Gasteiger partial charge < -0.3 is 9.88 Å². The molecule has 0 bridgehead atoms. The number of benzene rings is 2. The summed E-state index contributed by atoms with van der Waals surface area (Å²) in [6.45, 7) is 6.62. The van der Waals surface area contributed by atoms with Gasteiger partial charge in [-0.25, -0.2) is 4.98 Å². The molecule has 5 aromatic rings. The molecule has 0 aliphatic carbocycles. The molecule has 2 aromatic carbocycles. The monoisotopic (exact) mass is 427 g/mol. The number of H-pyrrole nitrogens is 2. The Labute approximate surface area is 182 Å². The number of rotatable bonds is 3. The van der Waals surface area contributed by atoms with Gasteiger partial charge in [-0.2, -0.15) is 16.4 Å². The van der Waals surface area contributed by atoms with E-state index >= 15 is 0 Å². The molecule has 0 saturated heterocycles. The maximum Gasteiger partial charge on any atom is 0.237 e. The van der Waals surface area contributed by atoms with Crippen molar-refractivity contribution in [3.05, 3.63) is 52.7 Å². The number of likely N-dealkylation sites (N-methyl/N-ethyl adjacent to an activating group) is 1. The van der Waals surface area contributed by atoms with Gasteiger partial charge in [0, 0.05) is 11.9 Å². The fourth-order valence-corrected chi connectivity index (χ4v) is 5.23. The van der Waals surface area contributed by atoms with E-state index in [9.17, 15) is 4.79 Å². The third kappa shape index (κ3) is 2.53. The summed E-state index contributed by atoms with van der Waals surface area (Å²) in [6, 6.07) is 12.5. The summed E-state index contributed by atoms with van der Waals surface area (Å²) in [6.07, 6.45) is 0. The number of carbonyl (C=O) groups excluding carboxylic acids is 1. The lowest BCUT2D eigenvalue weighted by Gasteiger charge is -2.18. The Morgan fingerprint density at radius 2 is 1.97 bits per heavy atom. The van der Waals surface area contributed by atoms with Crippen molar-refractivity contribution in [3.8, 4) is 22.6 Å². The van der Waals surface area contributed by atoms with Gasteiger partial charge in [0.25, 0.3) is 0 Å². The Balaban J connectivity index is 1.47. The van der Waals surface area contributed by atoms with E-state index in [0.29, 0.717) is 6.54 Å². The highest BCUT2D eigenvalue weighted by atomic mass is 32.1. The lowest BCUT2D eigenvalue weighted by Crippen LogP contribution is -2.35. The van der Waals surface area contributed by atoms with Crippen molar-refractivity contribution in [1.82, 2.24) is 20.2 Å². The van der Waals surface area contributed by atoms with Crippen LogP contribution in [0.2, 0.25) is 0 Å². The van der Waals surface area contributed by atoms with Crippen molar-refractivity contribution in [2.24, 2.45) is 0 Å². The molecule has 1 aliphatic rings. The first kappa shape index (κ1) is 18.3. The van der Waals surface area contributed by atoms with Gasteiger partial charge in [0.05, 0.1) is 27.7 Å². The Morgan fingerprint density at radius 3 is 2.74 bits per heavy atom. The summed E-state index contributed by atoms with van der Waals surface area (Å²) in [5.41, 5.74) is 7.34. The summed E-state index contributed by atoms with van der Waals surface area (Å²) < 4.78 is 0. The lowest BCUT2D eigenvalue weighted by molar-refractivity contribution is -0.122. The predicted molar refractivity (Wildman–Crippen MR) is 126 cm³/mol. The highest BCUT2D eigenvalue weighted by molar-refractivity contribution is 7.08. The summed E-state index contributed by atoms with van der Waals surface area (Å²) >= 11 is 1.69. The molecule has 0 unspecified atom stereocenters. The zero-order valence-corrected chi connectivity index (χ0v) is 18.3. The summed E-state index contributed by atoms with van der Waals surface area (Å²) in [5.74, 6) is 0.859. The van der Waals surface area contributed by atoms with Crippen LogP contribution in [0.3, 0.4) is 0 Å². The molecule has 154 valence electrons. The van der Waals surface area contributed by atoms with Gasteiger partial charge in [-0.1, -0.05) is 6.07 Å². The second-order valence-electron chi connectivity index (χ2n) is 8.49. The molecule has 0 spiro atoms. The Morgan fingerprint density at radius 1 is 1.10 bits per heavy atom. The number of hydrogen-bond donors (Lipinski definition) is 2. The molecule has 6 rings (SSSR count). The largest absolute Gasteiger partial charge is 0.337 e. The van der Waals surface area contributed by atoms with Crippen LogP contribution in [-0.2, 0) is 10.2 Å². The average molecular weight is 428 g/mol. The molecule has 31 heavy (non-hydrogen) atoms. The number of thiophene rings is 1. The number of carbonyl (C=O) groups is 1. The molecule has 6 nitrogen and oxygen atoms in total. The Bertz CT molecular complexity index is 1470.